The molecule has 1 saturated heterocycles. The molecule has 17 heteroatoms. The van der Waals surface area contributed by atoms with Gasteiger partial charge in [0, 0.05) is 23.9 Å². The Morgan fingerprint density at radius 2 is 2.20 bits per heavy atom. The number of rotatable bonds is 9. The summed E-state index contributed by atoms with van der Waals surface area (Å²) in [5, 5.41) is 29.5. The van der Waals surface area contributed by atoms with Gasteiger partial charge in [0.1, 0.15) is 11.4 Å². The number of hydrogen-bond acceptors (Lipinski definition) is 13. The second-order valence-electron chi connectivity index (χ2n) is 7.03. The number of aliphatic carboxylic acids is 1. The molecule has 2 amide bonds. The van der Waals surface area contributed by atoms with E-state index in [9.17, 15) is 19.5 Å². The van der Waals surface area contributed by atoms with Crippen LogP contribution in [0.1, 0.15) is 12.6 Å². The zero-order valence-corrected chi connectivity index (χ0v) is 24.2. The number of thiazole rings is 1. The predicted molar refractivity (Wildman–Crippen MR) is 129 cm³/mol. The number of amides is 2. The Morgan fingerprint density at radius 1 is 1.43 bits per heavy atom. The molecule has 1 unspecified atom stereocenters. The van der Waals surface area contributed by atoms with Crippen molar-refractivity contribution in [1.82, 2.24) is 35.4 Å². The van der Waals surface area contributed by atoms with Gasteiger partial charge in [-0.1, -0.05) is 18.7 Å². The van der Waals surface area contributed by atoms with Crippen LogP contribution in [0, 0.1) is 0 Å². The van der Waals surface area contributed by atoms with Gasteiger partial charge >= 0.3 is 29.6 Å². The fraction of sp³-hybridized carbons (Fsp3) is 0.389. The van der Waals surface area contributed by atoms with Crippen LogP contribution in [0.5, 0.6) is 0 Å². The second kappa shape index (κ2) is 12.1. The molecule has 35 heavy (non-hydrogen) atoms. The summed E-state index contributed by atoms with van der Waals surface area (Å²) in [4.78, 5) is 43.2. The minimum Gasteiger partial charge on any atom is -0.543 e. The molecule has 0 radical (unpaired) electrons. The number of carboxylic acid groups (broad SMARTS) is 1. The van der Waals surface area contributed by atoms with Crippen molar-refractivity contribution in [1.29, 1.82) is 0 Å². The first-order valence-corrected chi connectivity index (χ1v) is 13.8. The van der Waals surface area contributed by atoms with Crippen LogP contribution in [-0.2, 0) is 21.4 Å². The number of nitrogen functional groups attached to an aromatic ring is 1. The predicted octanol–water partition coefficient (Wildman–Crippen LogP) is -3.46. The molecule has 12 nitrogen and oxygen atoms in total. The van der Waals surface area contributed by atoms with Gasteiger partial charge in [0.05, 0.1) is 22.9 Å². The van der Waals surface area contributed by atoms with Crippen molar-refractivity contribution in [2.24, 2.45) is 7.05 Å². The van der Waals surface area contributed by atoms with Crippen molar-refractivity contribution in [2.75, 3.05) is 23.0 Å². The molecule has 2 aliphatic rings. The fourth-order valence-corrected chi connectivity index (χ4v) is 6.76. The number of carbonyl (C=O) groups excluding carboxylic acids is 3. The van der Waals surface area contributed by atoms with Crippen LogP contribution in [-0.4, -0.2) is 76.5 Å². The molecule has 0 saturated carbocycles. The van der Waals surface area contributed by atoms with Gasteiger partial charge in [-0.3, -0.25) is 14.5 Å². The molecular weight excluding hydrogens is 544 g/mol. The molecule has 2 aliphatic heterocycles. The average molecular weight is 563 g/mol. The number of β-lactam (4-membered cyclic amide) rings is 1. The molecule has 2 atom stereocenters. The number of carbonyl (C=O) groups is 3. The van der Waals surface area contributed by atoms with E-state index in [1.54, 1.807) is 17.8 Å². The number of anilines is 1. The van der Waals surface area contributed by atoms with Crippen molar-refractivity contribution >= 4 is 75.1 Å². The van der Waals surface area contributed by atoms with E-state index in [0.717, 1.165) is 5.75 Å². The quantitative estimate of drug-likeness (QED) is 0.134. The second-order valence-corrected chi connectivity index (χ2v) is 11.1. The largest absolute Gasteiger partial charge is 1.00 e. The molecule has 0 aromatic carbocycles. The van der Waals surface area contributed by atoms with E-state index in [2.05, 4.69) is 25.8 Å². The van der Waals surface area contributed by atoms with Crippen LogP contribution in [0.2, 0.25) is 0 Å². The van der Waals surface area contributed by atoms with Gasteiger partial charge in [-0.25, -0.2) is 9.67 Å². The van der Waals surface area contributed by atoms with Crippen LogP contribution < -0.4 is 45.7 Å². The minimum atomic E-state index is -1.44. The Bertz CT molecular complexity index is 1200. The first kappa shape index (κ1) is 28.0. The van der Waals surface area contributed by atoms with E-state index in [1.165, 1.54) is 56.2 Å². The minimum absolute atomic E-state index is 0. The molecule has 4 heterocycles. The van der Waals surface area contributed by atoms with E-state index >= 15 is 0 Å². The summed E-state index contributed by atoms with van der Waals surface area (Å²) in [5.74, 6) is -1.03. The first-order valence-electron chi connectivity index (χ1n) is 9.89. The van der Waals surface area contributed by atoms with Crippen LogP contribution in [0.3, 0.4) is 0 Å². The van der Waals surface area contributed by atoms with Gasteiger partial charge in [0.25, 0.3) is 11.8 Å². The number of carboxylic acids is 1. The van der Waals surface area contributed by atoms with Gasteiger partial charge in [-0.15, -0.1) is 40.0 Å². The summed E-state index contributed by atoms with van der Waals surface area (Å²) in [5.41, 5.74) is 6.81. The topological polar surface area (TPSA) is 172 Å². The molecule has 4 rings (SSSR count). The van der Waals surface area contributed by atoms with E-state index in [-0.39, 0.29) is 41.0 Å². The van der Waals surface area contributed by atoms with Crippen molar-refractivity contribution < 1.29 is 49.0 Å². The monoisotopic (exact) mass is 562 g/mol. The molecule has 1 fully saturated rings. The third-order valence-corrected chi connectivity index (χ3v) is 8.74. The first-order chi connectivity index (χ1) is 16.3. The average Bonchev–Trinajstić information content (AvgIpc) is 3.43. The summed E-state index contributed by atoms with van der Waals surface area (Å²) in [7, 11) is 1.68. The fourth-order valence-electron chi connectivity index (χ4n) is 3.31. The maximum Gasteiger partial charge on any atom is 1.00 e. The SMILES string of the molecule is CCSC=C(C(=O)NC1C(=O)N2C(C(=O)[O-])=C(CSc3nnnn3C)CS[C@H]12)c1csc(N)n1.[Na+]. The standard InChI is InChI=1S/C18H20N8O4S4.Na/c1-3-31-6-9(10-7-33-17(19)20-10)13(27)21-11-14(28)26-12(16(29)30)8(4-32-15(11)26)5-34-18-22-23-24-25(18)2;/h6-7,11,15H,3-5H2,1-2H3,(H2,19,20)(H,21,27)(H,29,30);/q;+1/p-1/t11?,15-;/m1./s1. The van der Waals surface area contributed by atoms with Crippen LogP contribution in [0.15, 0.2) is 27.2 Å². The van der Waals surface area contributed by atoms with Gasteiger partial charge in [0.2, 0.25) is 5.16 Å². The third-order valence-electron chi connectivity index (χ3n) is 4.89. The van der Waals surface area contributed by atoms with Crippen LogP contribution in [0.25, 0.3) is 5.57 Å². The molecule has 2 aromatic rings. The normalized spacial score (nSPS) is 19.7. The maximum atomic E-state index is 13.0. The summed E-state index contributed by atoms with van der Waals surface area (Å²) in [6.45, 7) is 1.95. The summed E-state index contributed by atoms with van der Waals surface area (Å²) in [6.07, 6.45) is 0. The Kier molecular flexibility index (Phi) is 9.70. The number of aryl methyl sites for hydroxylation is 1. The number of hydrogen-bond donors (Lipinski definition) is 2. The summed E-state index contributed by atoms with van der Waals surface area (Å²) >= 11 is 5.28. The van der Waals surface area contributed by atoms with Crippen molar-refractivity contribution in [2.45, 2.75) is 23.5 Å². The zero-order valence-electron chi connectivity index (χ0n) is 19.0. The van der Waals surface area contributed by atoms with Crippen molar-refractivity contribution in [3.05, 3.63) is 27.8 Å². The number of tetrazole rings is 1. The van der Waals surface area contributed by atoms with Gasteiger partial charge < -0.3 is 21.0 Å². The Morgan fingerprint density at radius 3 is 2.80 bits per heavy atom. The molecule has 0 bridgehead atoms. The molecule has 2 aromatic heterocycles. The van der Waals surface area contributed by atoms with E-state index in [4.69, 9.17) is 5.73 Å². The Hall–Kier alpha value is -1.56. The Balaban J connectivity index is 0.00000342. The summed E-state index contributed by atoms with van der Waals surface area (Å²) in [6, 6.07) is -0.866. The number of nitrogens with zero attached hydrogens (tertiary/aromatic N) is 6. The molecular formula is C18H19N8NaO4S4. The van der Waals surface area contributed by atoms with Crippen molar-refractivity contribution in [3.8, 4) is 0 Å². The molecule has 0 aliphatic carbocycles. The van der Waals surface area contributed by atoms with Crippen molar-refractivity contribution in [3.63, 3.8) is 0 Å². The third kappa shape index (κ3) is 5.89. The molecule has 3 N–H and O–H groups in total. The number of aromatic nitrogens is 5. The van der Waals surface area contributed by atoms with Gasteiger partial charge in [0.15, 0.2) is 5.13 Å². The number of nitrogens with one attached hydrogen (secondary N) is 1. The Labute approximate surface area is 239 Å². The van der Waals surface area contributed by atoms with Crippen LogP contribution >= 0.6 is 46.6 Å². The van der Waals surface area contributed by atoms with Crippen LogP contribution in [0.4, 0.5) is 5.13 Å². The molecule has 180 valence electrons. The maximum absolute atomic E-state index is 13.0. The summed E-state index contributed by atoms with van der Waals surface area (Å²) < 4.78 is 1.47. The smallest absolute Gasteiger partial charge is 0.543 e. The van der Waals surface area contributed by atoms with Gasteiger partial charge in [-0.2, -0.15) is 0 Å². The zero-order chi connectivity index (χ0) is 24.4. The van der Waals surface area contributed by atoms with E-state index < -0.39 is 29.2 Å². The number of thioether (sulfide) groups is 3. The van der Waals surface area contributed by atoms with E-state index in [0.29, 0.717) is 32.9 Å². The molecule has 0 spiro atoms. The number of fused-ring (bicyclic) bond motifs is 1. The van der Waals surface area contributed by atoms with E-state index in [1.807, 2.05) is 6.92 Å². The van der Waals surface area contributed by atoms with Gasteiger partial charge in [-0.05, 0) is 27.2 Å². The number of nitrogens with two attached hydrogens (primary N) is 1.